The van der Waals surface area contributed by atoms with Gasteiger partial charge in [0, 0.05) is 18.1 Å². The molecular weight excluding hydrogens is 204 g/mol. The van der Waals surface area contributed by atoms with Gasteiger partial charge in [0.25, 0.3) is 0 Å². The monoisotopic (exact) mass is 218 g/mol. The summed E-state index contributed by atoms with van der Waals surface area (Å²) in [6, 6.07) is 5.12. The molecular formula is C11H14N4O. The maximum atomic E-state index is 11.4. The lowest BCUT2D eigenvalue weighted by Gasteiger charge is -2.07. The SMILES string of the molecule is CC(N)C(=O)Nc1ccc2cnn(C)c2c1. The number of nitrogens with two attached hydrogens (primary N) is 1. The third-order valence-corrected chi connectivity index (χ3v) is 2.43. The maximum Gasteiger partial charge on any atom is 0.240 e. The van der Waals surface area contributed by atoms with Crippen molar-refractivity contribution in [2.75, 3.05) is 5.32 Å². The Morgan fingerprint density at radius 1 is 1.56 bits per heavy atom. The average molecular weight is 218 g/mol. The number of aromatic nitrogens is 2. The number of nitrogens with one attached hydrogen (secondary N) is 1. The van der Waals surface area contributed by atoms with Crippen molar-refractivity contribution in [1.29, 1.82) is 0 Å². The number of anilines is 1. The maximum absolute atomic E-state index is 11.4. The third-order valence-electron chi connectivity index (χ3n) is 2.43. The highest BCUT2D eigenvalue weighted by Crippen LogP contribution is 2.18. The molecule has 5 nitrogen and oxygen atoms in total. The number of aryl methyl sites for hydroxylation is 1. The van der Waals surface area contributed by atoms with Gasteiger partial charge in [-0.3, -0.25) is 9.48 Å². The van der Waals surface area contributed by atoms with Crippen LogP contribution in [0.5, 0.6) is 0 Å². The molecule has 0 spiro atoms. The molecule has 1 heterocycles. The highest BCUT2D eigenvalue weighted by atomic mass is 16.2. The minimum Gasteiger partial charge on any atom is -0.325 e. The second-order valence-electron chi connectivity index (χ2n) is 3.82. The van der Waals surface area contributed by atoms with E-state index in [4.69, 9.17) is 5.73 Å². The van der Waals surface area contributed by atoms with Gasteiger partial charge < -0.3 is 11.1 Å². The second kappa shape index (κ2) is 3.94. The van der Waals surface area contributed by atoms with Crippen LogP contribution in [0.25, 0.3) is 10.9 Å². The van der Waals surface area contributed by atoms with Crippen molar-refractivity contribution < 1.29 is 4.79 Å². The molecule has 0 saturated carbocycles. The first-order chi connectivity index (χ1) is 7.58. The van der Waals surface area contributed by atoms with Gasteiger partial charge in [-0.25, -0.2) is 0 Å². The molecule has 2 aromatic rings. The van der Waals surface area contributed by atoms with E-state index in [1.54, 1.807) is 17.8 Å². The van der Waals surface area contributed by atoms with E-state index in [9.17, 15) is 4.79 Å². The smallest absolute Gasteiger partial charge is 0.240 e. The molecule has 2 rings (SSSR count). The van der Waals surface area contributed by atoms with Crippen LogP contribution in [0.3, 0.4) is 0 Å². The summed E-state index contributed by atoms with van der Waals surface area (Å²) in [7, 11) is 1.86. The molecule has 0 fully saturated rings. The van der Waals surface area contributed by atoms with Crippen molar-refractivity contribution in [3.63, 3.8) is 0 Å². The van der Waals surface area contributed by atoms with E-state index < -0.39 is 6.04 Å². The zero-order chi connectivity index (χ0) is 11.7. The summed E-state index contributed by atoms with van der Waals surface area (Å²) in [5, 5.41) is 7.92. The Balaban J connectivity index is 2.32. The van der Waals surface area contributed by atoms with Gasteiger partial charge in [0.1, 0.15) is 0 Å². The largest absolute Gasteiger partial charge is 0.325 e. The van der Waals surface area contributed by atoms with Crippen LogP contribution in [0.15, 0.2) is 24.4 Å². The molecule has 1 amide bonds. The van der Waals surface area contributed by atoms with Gasteiger partial charge in [-0.2, -0.15) is 5.10 Å². The van der Waals surface area contributed by atoms with Crippen molar-refractivity contribution in [2.24, 2.45) is 12.8 Å². The second-order valence-corrected chi connectivity index (χ2v) is 3.82. The number of fused-ring (bicyclic) bond motifs is 1. The van der Waals surface area contributed by atoms with Crippen molar-refractivity contribution in [1.82, 2.24) is 9.78 Å². The minimum absolute atomic E-state index is 0.193. The highest BCUT2D eigenvalue weighted by Gasteiger charge is 2.08. The van der Waals surface area contributed by atoms with Crippen molar-refractivity contribution in [2.45, 2.75) is 13.0 Å². The summed E-state index contributed by atoms with van der Waals surface area (Å²) in [4.78, 5) is 11.4. The lowest BCUT2D eigenvalue weighted by molar-refractivity contribution is -0.117. The van der Waals surface area contributed by atoms with E-state index in [1.807, 2.05) is 25.2 Å². The summed E-state index contributed by atoms with van der Waals surface area (Å²) in [5.41, 5.74) is 7.19. The fourth-order valence-electron chi connectivity index (χ4n) is 1.48. The predicted octanol–water partition coefficient (Wildman–Crippen LogP) is 0.859. The fourth-order valence-corrected chi connectivity index (χ4v) is 1.48. The van der Waals surface area contributed by atoms with Crippen LogP contribution in [-0.2, 0) is 11.8 Å². The number of carbonyl (C=O) groups is 1. The van der Waals surface area contributed by atoms with Crippen LogP contribution in [0, 0.1) is 0 Å². The van der Waals surface area contributed by atoms with Crippen LogP contribution in [0.2, 0.25) is 0 Å². The molecule has 0 bridgehead atoms. The molecule has 0 saturated heterocycles. The van der Waals surface area contributed by atoms with Gasteiger partial charge in [-0.1, -0.05) is 0 Å². The summed E-state index contributed by atoms with van der Waals surface area (Å²) in [6.45, 7) is 1.65. The number of hydrogen-bond acceptors (Lipinski definition) is 3. The Morgan fingerprint density at radius 3 is 3.00 bits per heavy atom. The van der Waals surface area contributed by atoms with Crippen molar-refractivity contribution in [3.05, 3.63) is 24.4 Å². The first kappa shape index (κ1) is 10.6. The van der Waals surface area contributed by atoms with E-state index in [1.165, 1.54) is 0 Å². The number of rotatable bonds is 2. The highest BCUT2D eigenvalue weighted by molar-refractivity contribution is 5.96. The minimum atomic E-state index is -0.512. The molecule has 1 unspecified atom stereocenters. The molecule has 16 heavy (non-hydrogen) atoms. The molecule has 84 valence electrons. The van der Waals surface area contributed by atoms with Crippen LogP contribution in [-0.4, -0.2) is 21.7 Å². The van der Waals surface area contributed by atoms with E-state index in [0.717, 1.165) is 16.6 Å². The van der Waals surface area contributed by atoms with Crippen LogP contribution >= 0.6 is 0 Å². The summed E-state index contributed by atoms with van der Waals surface area (Å²) in [5.74, 6) is -0.193. The van der Waals surface area contributed by atoms with Crippen molar-refractivity contribution >= 4 is 22.5 Å². The lowest BCUT2D eigenvalue weighted by atomic mass is 10.2. The number of benzene rings is 1. The van der Waals surface area contributed by atoms with Crippen LogP contribution in [0.4, 0.5) is 5.69 Å². The molecule has 1 aromatic heterocycles. The van der Waals surface area contributed by atoms with Crippen LogP contribution < -0.4 is 11.1 Å². The number of carbonyl (C=O) groups excluding carboxylic acids is 1. The number of nitrogens with zero attached hydrogens (tertiary/aromatic N) is 2. The fraction of sp³-hybridized carbons (Fsp3) is 0.273. The standard InChI is InChI=1S/C11H14N4O/c1-7(12)11(16)14-9-4-3-8-6-13-15(2)10(8)5-9/h3-7H,12H2,1-2H3,(H,14,16). The zero-order valence-corrected chi connectivity index (χ0v) is 9.27. The van der Waals surface area contributed by atoms with Crippen LogP contribution in [0.1, 0.15) is 6.92 Å². The summed E-state index contributed by atoms with van der Waals surface area (Å²) >= 11 is 0. The Kier molecular flexibility index (Phi) is 2.62. The first-order valence-corrected chi connectivity index (χ1v) is 5.06. The predicted molar refractivity (Wildman–Crippen MR) is 63.0 cm³/mol. The molecule has 1 atom stereocenters. The Labute approximate surface area is 93.2 Å². The van der Waals surface area contributed by atoms with Gasteiger partial charge in [0.05, 0.1) is 17.8 Å². The average Bonchev–Trinajstić information content (AvgIpc) is 2.60. The molecule has 0 radical (unpaired) electrons. The van der Waals surface area contributed by atoms with Gasteiger partial charge in [-0.05, 0) is 25.1 Å². The van der Waals surface area contributed by atoms with E-state index in [0.29, 0.717) is 0 Å². The van der Waals surface area contributed by atoms with E-state index >= 15 is 0 Å². The quantitative estimate of drug-likeness (QED) is 0.785. The molecule has 5 heteroatoms. The lowest BCUT2D eigenvalue weighted by Crippen LogP contribution is -2.32. The Hall–Kier alpha value is -1.88. The van der Waals surface area contributed by atoms with E-state index in [2.05, 4.69) is 10.4 Å². The Bertz CT molecular complexity index is 530. The van der Waals surface area contributed by atoms with Gasteiger partial charge in [0.2, 0.25) is 5.91 Å². The molecule has 0 aliphatic heterocycles. The molecule has 0 aliphatic carbocycles. The van der Waals surface area contributed by atoms with Gasteiger partial charge in [-0.15, -0.1) is 0 Å². The zero-order valence-electron chi connectivity index (χ0n) is 9.27. The summed E-state index contributed by atoms with van der Waals surface area (Å²) in [6.07, 6.45) is 1.78. The molecule has 3 N–H and O–H groups in total. The topological polar surface area (TPSA) is 72.9 Å². The van der Waals surface area contributed by atoms with Crippen molar-refractivity contribution in [3.8, 4) is 0 Å². The normalized spacial score (nSPS) is 12.7. The number of hydrogen-bond donors (Lipinski definition) is 2. The Morgan fingerprint density at radius 2 is 2.31 bits per heavy atom. The molecule has 0 aliphatic rings. The summed E-state index contributed by atoms with van der Waals surface area (Å²) < 4.78 is 1.76. The number of amides is 1. The first-order valence-electron chi connectivity index (χ1n) is 5.06. The van der Waals surface area contributed by atoms with E-state index in [-0.39, 0.29) is 5.91 Å². The molecule has 1 aromatic carbocycles. The van der Waals surface area contributed by atoms with Gasteiger partial charge >= 0.3 is 0 Å². The van der Waals surface area contributed by atoms with Gasteiger partial charge in [0.15, 0.2) is 0 Å². The third kappa shape index (κ3) is 1.90.